The molecule has 124 valence electrons. The van der Waals surface area contributed by atoms with Crippen LogP contribution in [0.5, 0.6) is 5.75 Å². The lowest BCUT2D eigenvalue weighted by atomic mass is 10.1. The molecule has 5 nitrogen and oxygen atoms in total. The van der Waals surface area contributed by atoms with Gasteiger partial charge in [0.1, 0.15) is 5.75 Å². The molecule has 22 heavy (non-hydrogen) atoms. The summed E-state index contributed by atoms with van der Waals surface area (Å²) in [5.41, 5.74) is 0.813. The molecule has 1 atom stereocenters. The fourth-order valence-corrected chi connectivity index (χ4v) is 3.94. The highest BCUT2D eigenvalue weighted by molar-refractivity contribution is 7.89. The van der Waals surface area contributed by atoms with Crippen molar-refractivity contribution in [3.05, 3.63) is 23.8 Å². The van der Waals surface area contributed by atoms with Crippen molar-refractivity contribution in [2.24, 2.45) is 0 Å². The summed E-state index contributed by atoms with van der Waals surface area (Å²) in [4.78, 5) is 0.304. The molecule has 1 unspecified atom stereocenters. The molecule has 0 radical (unpaired) electrons. The van der Waals surface area contributed by atoms with Gasteiger partial charge in [-0.05, 0) is 56.4 Å². The summed E-state index contributed by atoms with van der Waals surface area (Å²) in [6, 6.07) is 4.94. The second kappa shape index (κ2) is 7.44. The van der Waals surface area contributed by atoms with E-state index in [2.05, 4.69) is 0 Å². The second-order valence-corrected chi connectivity index (χ2v) is 7.78. The quantitative estimate of drug-likeness (QED) is 0.806. The summed E-state index contributed by atoms with van der Waals surface area (Å²) < 4.78 is 37.4. The molecule has 1 aromatic rings. The highest BCUT2D eigenvalue weighted by Gasteiger charge is 2.23. The van der Waals surface area contributed by atoms with Crippen LogP contribution in [0, 0.1) is 6.92 Å². The van der Waals surface area contributed by atoms with Crippen molar-refractivity contribution in [2.75, 3.05) is 27.3 Å². The van der Waals surface area contributed by atoms with Crippen LogP contribution >= 0.6 is 0 Å². The van der Waals surface area contributed by atoms with Crippen molar-refractivity contribution in [1.82, 2.24) is 4.31 Å². The van der Waals surface area contributed by atoms with Gasteiger partial charge in [0, 0.05) is 20.2 Å². The van der Waals surface area contributed by atoms with E-state index in [0.717, 1.165) is 31.4 Å². The molecule has 1 fully saturated rings. The largest absolute Gasteiger partial charge is 0.496 e. The van der Waals surface area contributed by atoms with Crippen molar-refractivity contribution in [3.63, 3.8) is 0 Å². The molecule has 6 heteroatoms. The lowest BCUT2D eigenvalue weighted by Crippen LogP contribution is -2.31. The number of rotatable bonds is 6. The average molecular weight is 327 g/mol. The van der Waals surface area contributed by atoms with E-state index in [1.807, 2.05) is 6.92 Å². The SMILES string of the molecule is COc1ccc(S(=O)(=O)N(C)CCC2CCCCO2)cc1C. The summed E-state index contributed by atoms with van der Waals surface area (Å²) in [6.45, 7) is 3.10. The van der Waals surface area contributed by atoms with Crippen LogP contribution in [-0.4, -0.2) is 46.1 Å². The maximum atomic E-state index is 12.6. The molecule has 0 spiro atoms. The van der Waals surface area contributed by atoms with Crippen LogP contribution in [0.4, 0.5) is 0 Å². The van der Waals surface area contributed by atoms with Gasteiger partial charge in [0.15, 0.2) is 0 Å². The highest BCUT2D eigenvalue weighted by Crippen LogP contribution is 2.24. The zero-order chi connectivity index (χ0) is 16.2. The van der Waals surface area contributed by atoms with Crippen molar-refractivity contribution in [1.29, 1.82) is 0 Å². The minimum absolute atomic E-state index is 0.184. The fourth-order valence-electron chi connectivity index (χ4n) is 2.67. The van der Waals surface area contributed by atoms with Crippen LogP contribution in [-0.2, 0) is 14.8 Å². The molecule has 0 N–H and O–H groups in total. The zero-order valence-electron chi connectivity index (χ0n) is 13.5. The van der Waals surface area contributed by atoms with Gasteiger partial charge in [-0.2, -0.15) is 0 Å². The molecule has 2 rings (SSSR count). The van der Waals surface area contributed by atoms with Gasteiger partial charge < -0.3 is 9.47 Å². The molecular formula is C16H25NO4S. The Hall–Kier alpha value is -1.11. The van der Waals surface area contributed by atoms with Crippen molar-refractivity contribution >= 4 is 10.0 Å². The van der Waals surface area contributed by atoms with Gasteiger partial charge in [-0.25, -0.2) is 12.7 Å². The van der Waals surface area contributed by atoms with Crippen LogP contribution in [0.1, 0.15) is 31.2 Å². The number of hydrogen-bond acceptors (Lipinski definition) is 4. The number of benzene rings is 1. The molecule has 1 aliphatic rings. The standard InChI is InChI=1S/C16H25NO4S/c1-13-12-15(7-8-16(13)20-3)22(18,19)17(2)10-9-14-6-4-5-11-21-14/h7-8,12,14H,4-6,9-11H2,1-3H3. The molecule has 1 saturated heterocycles. The Bertz CT molecular complexity index is 594. The molecule has 1 aromatic carbocycles. The first-order chi connectivity index (χ1) is 10.4. The van der Waals surface area contributed by atoms with Gasteiger partial charge >= 0.3 is 0 Å². The summed E-state index contributed by atoms with van der Waals surface area (Å²) in [5, 5.41) is 0. The summed E-state index contributed by atoms with van der Waals surface area (Å²) >= 11 is 0. The van der Waals surface area contributed by atoms with E-state index in [9.17, 15) is 8.42 Å². The number of aryl methyl sites for hydroxylation is 1. The van der Waals surface area contributed by atoms with Crippen molar-refractivity contribution in [2.45, 2.75) is 43.6 Å². The minimum Gasteiger partial charge on any atom is -0.496 e. The topological polar surface area (TPSA) is 55.8 Å². The van der Waals surface area contributed by atoms with Crippen LogP contribution < -0.4 is 4.74 Å². The number of methoxy groups -OCH3 is 1. The molecule has 0 bridgehead atoms. The zero-order valence-corrected chi connectivity index (χ0v) is 14.4. The Labute approximate surface area is 133 Å². The van der Waals surface area contributed by atoms with Gasteiger partial charge in [-0.3, -0.25) is 0 Å². The molecule has 1 aliphatic heterocycles. The van der Waals surface area contributed by atoms with E-state index in [1.54, 1.807) is 32.4 Å². The summed E-state index contributed by atoms with van der Waals surface area (Å²) in [7, 11) is -0.266. The Kier molecular flexibility index (Phi) is 5.83. The third kappa shape index (κ3) is 4.00. The lowest BCUT2D eigenvalue weighted by Gasteiger charge is -2.25. The Morgan fingerprint density at radius 1 is 1.36 bits per heavy atom. The van der Waals surface area contributed by atoms with E-state index in [4.69, 9.17) is 9.47 Å². The summed E-state index contributed by atoms with van der Waals surface area (Å²) in [6.07, 6.45) is 4.22. The number of ether oxygens (including phenoxy) is 2. The Balaban J connectivity index is 2.03. The van der Waals surface area contributed by atoms with Crippen molar-refractivity contribution in [3.8, 4) is 5.75 Å². The minimum atomic E-state index is -3.47. The number of sulfonamides is 1. The monoisotopic (exact) mass is 327 g/mol. The average Bonchev–Trinajstić information content (AvgIpc) is 2.53. The molecule has 0 aliphatic carbocycles. The van der Waals surface area contributed by atoms with E-state index in [0.29, 0.717) is 17.2 Å². The molecule has 0 saturated carbocycles. The predicted octanol–water partition coefficient (Wildman–Crippen LogP) is 2.58. The first-order valence-corrected chi connectivity index (χ1v) is 9.11. The first-order valence-electron chi connectivity index (χ1n) is 7.67. The molecule has 0 amide bonds. The summed E-state index contributed by atoms with van der Waals surface area (Å²) in [5.74, 6) is 0.692. The maximum absolute atomic E-state index is 12.6. The van der Waals surface area contributed by atoms with Gasteiger partial charge in [0.2, 0.25) is 10.0 Å². The predicted molar refractivity (Wildman–Crippen MR) is 85.8 cm³/mol. The van der Waals surface area contributed by atoms with Crippen molar-refractivity contribution < 1.29 is 17.9 Å². The lowest BCUT2D eigenvalue weighted by molar-refractivity contribution is 0.00950. The van der Waals surface area contributed by atoms with Crippen LogP contribution in [0.3, 0.4) is 0 Å². The van der Waals surface area contributed by atoms with E-state index in [1.165, 1.54) is 10.7 Å². The van der Waals surface area contributed by atoms with Gasteiger partial charge in [0.05, 0.1) is 18.1 Å². The van der Waals surface area contributed by atoms with Crippen LogP contribution in [0.25, 0.3) is 0 Å². The first kappa shape index (κ1) is 17.2. The van der Waals surface area contributed by atoms with E-state index in [-0.39, 0.29) is 6.10 Å². The Morgan fingerprint density at radius 2 is 2.14 bits per heavy atom. The third-order valence-electron chi connectivity index (χ3n) is 4.11. The smallest absolute Gasteiger partial charge is 0.242 e. The van der Waals surface area contributed by atoms with E-state index >= 15 is 0 Å². The van der Waals surface area contributed by atoms with E-state index < -0.39 is 10.0 Å². The van der Waals surface area contributed by atoms with Gasteiger partial charge in [0.25, 0.3) is 0 Å². The maximum Gasteiger partial charge on any atom is 0.242 e. The molecular weight excluding hydrogens is 302 g/mol. The fraction of sp³-hybridized carbons (Fsp3) is 0.625. The number of nitrogens with zero attached hydrogens (tertiary/aromatic N) is 1. The Morgan fingerprint density at radius 3 is 2.73 bits per heavy atom. The van der Waals surface area contributed by atoms with Gasteiger partial charge in [-0.15, -0.1) is 0 Å². The highest BCUT2D eigenvalue weighted by atomic mass is 32.2. The molecule has 0 aromatic heterocycles. The number of hydrogen-bond donors (Lipinski definition) is 0. The van der Waals surface area contributed by atoms with Crippen LogP contribution in [0.15, 0.2) is 23.1 Å². The normalized spacial score (nSPS) is 19.4. The second-order valence-electron chi connectivity index (χ2n) is 5.74. The third-order valence-corrected chi connectivity index (χ3v) is 5.97. The van der Waals surface area contributed by atoms with Gasteiger partial charge in [-0.1, -0.05) is 0 Å². The molecule has 1 heterocycles. The van der Waals surface area contributed by atoms with Crippen LogP contribution in [0.2, 0.25) is 0 Å².